The molecule has 5 heteroatoms. The van der Waals surface area contributed by atoms with Gasteiger partial charge in [0, 0.05) is 16.1 Å². The summed E-state index contributed by atoms with van der Waals surface area (Å²) in [6, 6.07) is 2.56. The van der Waals surface area contributed by atoms with Crippen molar-refractivity contribution >= 4 is 21.9 Å². The van der Waals surface area contributed by atoms with E-state index in [9.17, 15) is 9.90 Å². The van der Waals surface area contributed by atoms with Crippen LogP contribution in [0, 0.1) is 5.92 Å². The highest BCUT2D eigenvalue weighted by Crippen LogP contribution is 2.36. The van der Waals surface area contributed by atoms with Gasteiger partial charge in [0.1, 0.15) is 11.3 Å². The Morgan fingerprint density at radius 1 is 1.47 bits per heavy atom. The van der Waals surface area contributed by atoms with Gasteiger partial charge in [0.25, 0.3) is 0 Å². The van der Waals surface area contributed by atoms with Gasteiger partial charge in [-0.15, -0.1) is 0 Å². The average molecular weight is 302 g/mol. The number of halogens is 1. The molecule has 1 rings (SSSR count). The van der Waals surface area contributed by atoms with Crippen molar-refractivity contribution in [3.63, 3.8) is 0 Å². The summed E-state index contributed by atoms with van der Waals surface area (Å²) in [5, 5.41) is 18.9. The minimum absolute atomic E-state index is 0.123. The monoisotopic (exact) mass is 301 g/mol. The second kappa shape index (κ2) is 5.51. The number of carbonyl (C=O) groups is 1. The predicted molar refractivity (Wildman–Crippen MR) is 69.1 cm³/mol. The molecule has 0 bridgehead atoms. The predicted octanol–water partition coefficient (Wildman–Crippen LogP) is 2.90. The zero-order chi connectivity index (χ0) is 13.2. The van der Waals surface area contributed by atoms with Crippen molar-refractivity contribution in [1.82, 2.24) is 0 Å². The normalized spacial score (nSPS) is 12.8. The lowest BCUT2D eigenvalue weighted by Gasteiger charge is -2.18. The Hall–Kier alpha value is -1.07. The molecule has 17 heavy (non-hydrogen) atoms. The lowest BCUT2D eigenvalue weighted by Crippen LogP contribution is -2.15. The number of hydrogen-bond donors (Lipinski definition) is 3. The summed E-state index contributed by atoms with van der Waals surface area (Å²) < 4.78 is 0.633. The summed E-state index contributed by atoms with van der Waals surface area (Å²) in [7, 11) is 0. The van der Waals surface area contributed by atoms with Gasteiger partial charge in [0.15, 0.2) is 0 Å². The highest BCUT2D eigenvalue weighted by molar-refractivity contribution is 9.10. The lowest BCUT2D eigenvalue weighted by molar-refractivity contribution is 0.0693. The molecular weight excluding hydrogens is 286 g/mol. The minimum atomic E-state index is -1.16. The van der Waals surface area contributed by atoms with Crippen LogP contribution in [0.2, 0.25) is 0 Å². The van der Waals surface area contributed by atoms with Crippen LogP contribution in [0.1, 0.15) is 42.2 Å². The number of carboxylic acids is 1. The summed E-state index contributed by atoms with van der Waals surface area (Å²) in [6.07, 6.45) is 0.676. The summed E-state index contributed by atoms with van der Waals surface area (Å²) in [5.74, 6) is -1.04. The number of nitrogens with two attached hydrogens (primary N) is 1. The number of aromatic carboxylic acids is 1. The highest BCUT2D eigenvalue weighted by Gasteiger charge is 2.21. The molecule has 0 aliphatic rings. The third-order valence-corrected chi connectivity index (χ3v) is 3.18. The minimum Gasteiger partial charge on any atom is -0.507 e. The number of hydrogen-bond acceptors (Lipinski definition) is 3. The third kappa shape index (κ3) is 3.20. The van der Waals surface area contributed by atoms with Crippen LogP contribution in [0.4, 0.5) is 0 Å². The summed E-state index contributed by atoms with van der Waals surface area (Å²) in [5.41, 5.74) is 6.32. The van der Waals surface area contributed by atoms with Crippen molar-refractivity contribution in [3.05, 3.63) is 27.7 Å². The van der Waals surface area contributed by atoms with E-state index < -0.39 is 5.97 Å². The van der Waals surface area contributed by atoms with Crippen LogP contribution in [0.5, 0.6) is 5.75 Å². The van der Waals surface area contributed by atoms with Crippen molar-refractivity contribution < 1.29 is 15.0 Å². The molecule has 0 fully saturated rings. The molecule has 0 saturated heterocycles. The van der Waals surface area contributed by atoms with Crippen LogP contribution in [-0.4, -0.2) is 16.2 Å². The quantitative estimate of drug-likeness (QED) is 0.798. The molecule has 0 spiro atoms. The molecule has 0 aliphatic carbocycles. The molecular formula is C12H16BrNO3. The van der Waals surface area contributed by atoms with Gasteiger partial charge in [-0.3, -0.25) is 0 Å². The van der Waals surface area contributed by atoms with Gasteiger partial charge in [0.05, 0.1) is 0 Å². The first-order valence-corrected chi connectivity index (χ1v) is 6.14. The average Bonchev–Trinajstić information content (AvgIpc) is 2.15. The highest BCUT2D eigenvalue weighted by atomic mass is 79.9. The van der Waals surface area contributed by atoms with Crippen molar-refractivity contribution in [2.24, 2.45) is 11.7 Å². The van der Waals surface area contributed by atoms with E-state index in [0.717, 1.165) is 0 Å². The zero-order valence-electron chi connectivity index (χ0n) is 9.77. The fourth-order valence-electron chi connectivity index (χ4n) is 1.73. The maximum Gasteiger partial charge on any atom is 0.339 e. The van der Waals surface area contributed by atoms with E-state index in [0.29, 0.717) is 22.4 Å². The summed E-state index contributed by atoms with van der Waals surface area (Å²) in [6.45, 7) is 4.04. The second-order valence-corrected chi connectivity index (χ2v) is 5.25. The number of carboxylic acid groups (broad SMARTS) is 1. The van der Waals surface area contributed by atoms with E-state index in [1.54, 1.807) is 6.07 Å². The van der Waals surface area contributed by atoms with E-state index in [1.807, 2.05) is 13.8 Å². The van der Waals surface area contributed by atoms with Crippen LogP contribution in [0.25, 0.3) is 0 Å². The van der Waals surface area contributed by atoms with Crippen LogP contribution < -0.4 is 5.73 Å². The Morgan fingerprint density at radius 2 is 2.06 bits per heavy atom. The van der Waals surface area contributed by atoms with Gasteiger partial charge >= 0.3 is 5.97 Å². The van der Waals surface area contributed by atoms with E-state index in [2.05, 4.69) is 15.9 Å². The van der Waals surface area contributed by atoms with Crippen molar-refractivity contribution in [1.29, 1.82) is 0 Å². The first-order chi connectivity index (χ1) is 7.84. The van der Waals surface area contributed by atoms with Gasteiger partial charge in [-0.1, -0.05) is 29.8 Å². The molecule has 1 aromatic carbocycles. The molecule has 0 saturated carbocycles. The topological polar surface area (TPSA) is 83.6 Å². The molecule has 4 nitrogen and oxygen atoms in total. The molecule has 1 atom stereocenters. The van der Waals surface area contributed by atoms with Crippen LogP contribution in [0.3, 0.4) is 0 Å². The standard InChI is InChI=1S/C12H16BrNO3/c1-6(2)5-9(14)10-8(13)4-3-7(11(10)15)12(16)17/h3-4,6,9,15H,5,14H2,1-2H3,(H,16,17)/t9-/m0/s1. The fourth-order valence-corrected chi connectivity index (χ4v) is 2.35. The number of phenols is 1. The summed E-state index contributed by atoms with van der Waals surface area (Å²) in [4.78, 5) is 10.9. The first kappa shape index (κ1) is 14.0. The molecule has 0 unspecified atom stereocenters. The van der Waals surface area contributed by atoms with Gasteiger partial charge < -0.3 is 15.9 Å². The lowest BCUT2D eigenvalue weighted by atomic mass is 9.95. The Labute approximate surface area is 109 Å². The molecule has 0 amide bonds. The van der Waals surface area contributed by atoms with E-state index >= 15 is 0 Å². The fraction of sp³-hybridized carbons (Fsp3) is 0.417. The molecule has 0 aromatic heterocycles. The number of aromatic hydroxyl groups is 1. The molecule has 0 radical (unpaired) electrons. The van der Waals surface area contributed by atoms with Gasteiger partial charge in [-0.25, -0.2) is 4.79 Å². The van der Waals surface area contributed by atoms with Crippen LogP contribution >= 0.6 is 15.9 Å². The molecule has 0 heterocycles. The molecule has 94 valence electrons. The van der Waals surface area contributed by atoms with Crippen LogP contribution in [-0.2, 0) is 0 Å². The Kier molecular flexibility index (Phi) is 4.54. The van der Waals surface area contributed by atoms with Crippen LogP contribution in [0.15, 0.2) is 16.6 Å². The maximum atomic E-state index is 10.9. The van der Waals surface area contributed by atoms with Gasteiger partial charge in [0.2, 0.25) is 0 Å². The Bertz CT molecular complexity index is 432. The maximum absolute atomic E-state index is 10.9. The first-order valence-electron chi connectivity index (χ1n) is 5.34. The van der Waals surface area contributed by atoms with Gasteiger partial charge in [-0.05, 0) is 24.5 Å². The van der Waals surface area contributed by atoms with Crippen molar-refractivity contribution in [2.75, 3.05) is 0 Å². The Balaban J connectivity index is 3.22. The summed E-state index contributed by atoms with van der Waals surface area (Å²) >= 11 is 3.29. The third-order valence-electron chi connectivity index (χ3n) is 2.49. The molecule has 0 aliphatic heterocycles. The molecule has 4 N–H and O–H groups in total. The zero-order valence-corrected chi connectivity index (χ0v) is 11.4. The second-order valence-electron chi connectivity index (χ2n) is 4.40. The largest absolute Gasteiger partial charge is 0.507 e. The van der Waals surface area contributed by atoms with E-state index in [4.69, 9.17) is 10.8 Å². The van der Waals surface area contributed by atoms with E-state index in [1.165, 1.54) is 6.07 Å². The SMILES string of the molecule is CC(C)C[C@H](N)c1c(Br)ccc(C(=O)O)c1O. The van der Waals surface area contributed by atoms with Crippen molar-refractivity contribution in [3.8, 4) is 5.75 Å². The Morgan fingerprint density at radius 3 is 2.53 bits per heavy atom. The van der Waals surface area contributed by atoms with E-state index in [-0.39, 0.29) is 17.4 Å². The molecule has 1 aromatic rings. The number of benzene rings is 1. The van der Waals surface area contributed by atoms with Crippen molar-refractivity contribution in [2.45, 2.75) is 26.3 Å². The number of rotatable bonds is 4. The van der Waals surface area contributed by atoms with Gasteiger partial charge in [-0.2, -0.15) is 0 Å². The smallest absolute Gasteiger partial charge is 0.339 e.